The van der Waals surface area contributed by atoms with E-state index >= 15 is 0 Å². The van der Waals surface area contributed by atoms with Crippen LogP contribution in [-0.2, 0) is 14.4 Å². The van der Waals surface area contributed by atoms with E-state index in [1.54, 1.807) is 0 Å². The Morgan fingerprint density at radius 2 is 1.50 bits per heavy atom. The first kappa shape index (κ1) is 16.6. The topological polar surface area (TPSA) is 118 Å². The molecule has 0 radical (unpaired) electrons. The lowest BCUT2D eigenvalue weighted by atomic mass is 10.2. The maximum absolute atomic E-state index is 10.1. The molecule has 6 nitrogen and oxygen atoms in total. The zero-order chi connectivity index (χ0) is 13.0. The highest BCUT2D eigenvalue weighted by Crippen LogP contribution is 1.96. The molecule has 0 saturated carbocycles. The Kier molecular flexibility index (Phi) is 11.6. The van der Waals surface area contributed by atoms with E-state index in [0.29, 0.717) is 18.6 Å². The van der Waals surface area contributed by atoms with Crippen LogP contribution in [0.25, 0.3) is 0 Å². The molecule has 0 spiro atoms. The van der Waals surface area contributed by atoms with Crippen molar-refractivity contribution in [2.45, 2.75) is 32.6 Å². The standard InChI is InChI=1S/C6H13NO.C4H4O4/c1-2-3-4-5-6(7)8;5-3(6)1-2-4(7)8/h2-5H2,1H3,(H2,7,8);1-2H,(H,5,6)(H,7,8). The van der Waals surface area contributed by atoms with Crippen molar-refractivity contribution in [1.29, 1.82) is 0 Å². The van der Waals surface area contributed by atoms with Crippen molar-refractivity contribution >= 4 is 17.8 Å². The van der Waals surface area contributed by atoms with Gasteiger partial charge >= 0.3 is 11.9 Å². The number of carboxylic acids is 2. The van der Waals surface area contributed by atoms with Gasteiger partial charge in [0.25, 0.3) is 0 Å². The van der Waals surface area contributed by atoms with Crippen LogP contribution in [0.2, 0.25) is 0 Å². The number of carbonyl (C=O) groups excluding carboxylic acids is 1. The van der Waals surface area contributed by atoms with Crippen molar-refractivity contribution in [3.05, 3.63) is 12.2 Å². The van der Waals surface area contributed by atoms with Gasteiger partial charge < -0.3 is 15.9 Å². The van der Waals surface area contributed by atoms with Crippen LogP contribution in [0.1, 0.15) is 32.6 Å². The zero-order valence-electron chi connectivity index (χ0n) is 9.18. The molecule has 0 heterocycles. The number of hydrogen-bond acceptors (Lipinski definition) is 3. The number of rotatable bonds is 6. The van der Waals surface area contributed by atoms with Crippen molar-refractivity contribution in [3.63, 3.8) is 0 Å². The van der Waals surface area contributed by atoms with Gasteiger partial charge in [-0.1, -0.05) is 19.8 Å². The molecule has 0 atom stereocenters. The first-order chi connectivity index (χ1) is 7.40. The zero-order valence-corrected chi connectivity index (χ0v) is 9.18. The first-order valence-corrected chi connectivity index (χ1v) is 4.82. The summed E-state index contributed by atoms with van der Waals surface area (Å²) in [7, 11) is 0. The van der Waals surface area contributed by atoms with Gasteiger partial charge in [-0.15, -0.1) is 0 Å². The van der Waals surface area contributed by atoms with Gasteiger partial charge in [0.2, 0.25) is 5.91 Å². The van der Waals surface area contributed by atoms with Gasteiger partial charge in [-0.3, -0.25) is 4.79 Å². The molecule has 0 aliphatic rings. The van der Waals surface area contributed by atoms with E-state index in [-0.39, 0.29) is 5.91 Å². The second kappa shape index (κ2) is 11.2. The molecule has 0 aromatic heterocycles. The monoisotopic (exact) mass is 231 g/mol. The fraction of sp³-hybridized carbons (Fsp3) is 0.500. The fourth-order valence-electron chi connectivity index (χ4n) is 0.692. The number of unbranched alkanes of at least 4 members (excludes halogenated alkanes) is 2. The highest BCUT2D eigenvalue weighted by molar-refractivity contribution is 5.89. The Hall–Kier alpha value is -1.85. The molecule has 0 unspecified atom stereocenters. The van der Waals surface area contributed by atoms with Crippen molar-refractivity contribution in [3.8, 4) is 0 Å². The van der Waals surface area contributed by atoms with Crippen LogP contribution in [0, 0.1) is 0 Å². The highest BCUT2D eigenvalue weighted by atomic mass is 16.4. The summed E-state index contributed by atoms with van der Waals surface area (Å²) in [4.78, 5) is 29.2. The maximum Gasteiger partial charge on any atom is 0.328 e. The minimum Gasteiger partial charge on any atom is -0.478 e. The highest BCUT2D eigenvalue weighted by Gasteiger charge is 1.90. The summed E-state index contributed by atoms with van der Waals surface area (Å²) in [5.41, 5.74) is 4.89. The lowest BCUT2D eigenvalue weighted by molar-refractivity contribution is -0.134. The van der Waals surface area contributed by atoms with Crippen LogP contribution in [0.4, 0.5) is 0 Å². The third kappa shape index (κ3) is 22.7. The van der Waals surface area contributed by atoms with Crippen LogP contribution in [0.3, 0.4) is 0 Å². The van der Waals surface area contributed by atoms with Crippen LogP contribution in [-0.4, -0.2) is 28.1 Å². The number of amides is 1. The Morgan fingerprint density at radius 1 is 1.06 bits per heavy atom. The van der Waals surface area contributed by atoms with Crippen LogP contribution in [0.5, 0.6) is 0 Å². The Balaban J connectivity index is 0. The van der Waals surface area contributed by atoms with Gasteiger partial charge in [-0.25, -0.2) is 9.59 Å². The largest absolute Gasteiger partial charge is 0.478 e. The van der Waals surface area contributed by atoms with E-state index < -0.39 is 11.9 Å². The third-order valence-corrected chi connectivity index (χ3v) is 1.40. The Morgan fingerprint density at radius 3 is 1.75 bits per heavy atom. The van der Waals surface area contributed by atoms with E-state index in [9.17, 15) is 14.4 Å². The quantitative estimate of drug-likeness (QED) is 0.460. The molecular formula is C10H17NO5. The van der Waals surface area contributed by atoms with Gasteiger partial charge in [-0.05, 0) is 6.42 Å². The normalized spacial score (nSPS) is 9.31. The molecule has 6 heteroatoms. The van der Waals surface area contributed by atoms with E-state index in [1.807, 2.05) is 0 Å². The maximum atomic E-state index is 10.1. The summed E-state index contributed by atoms with van der Waals surface area (Å²) < 4.78 is 0. The number of aliphatic carboxylic acids is 2. The molecule has 0 fully saturated rings. The predicted octanol–water partition coefficient (Wildman–Crippen LogP) is 0.764. The first-order valence-electron chi connectivity index (χ1n) is 4.82. The van der Waals surface area contributed by atoms with E-state index in [0.717, 1.165) is 19.3 Å². The lowest BCUT2D eigenvalue weighted by Gasteiger charge is -1.90. The summed E-state index contributed by atoms with van der Waals surface area (Å²) in [6.07, 6.45) is 4.88. The molecule has 4 N–H and O–H groups in total. The fourth-order valence-corrected chi connectivity index (χ4v) is 0.692. The van der Waals surface area contributed by atoms with Crippen molar-refractivity contribution < 1.29 is 24.6 Å². The summed E-state index contributed by atoms with van der Waals surface area (Å²) in [5.74, 6) is -2.70. The average molecular weight is 231 g/mol. The SMILES string of the molecule is CCCCCC(N)=O.O=C(O)C=CC(=O)O. The van der Waals surface area contributed by atoms with Crippen LogP contribution in [0.15, 0.2) is 12.2 Å². The van der Waals surface area contributed by atoms with Crippen molar-refractivity contribution in [2.75, 3.05) is 0 Å². The van der Waals surface area contributed by atoms with Gasteiger partial charge in [0, 0.05) is 18.6 Å². The van der Waals surface area contributed by atoms with Gasteiger partial charge in [0.1, 0.15) is 0 Å². The van der Waals surface area contributed by atoms with E-state index in [1.165, 1.54) is 0 Å². The molecule has 0 rings (SSSR count). The molecule has 92 valence electrons. The molecular weight excluding hydrogens is 214 g/mol. The number of carboxylic acid groups (broad SMARTS) is 2. The third-order valence-electron chi connectivity index (χ3n) is 1.40. The van der Waals surface area contributed by atoms with E-state index in [2.05, 4.69) is 6.92 Å². The number of carbonyl (C=O) groups is 3. The predicted molar refractivity (Wildman–Crippen MR) is 57.7 cm³/mol. The minimum absolute atomic E-state index is 0.182. The smallest absolute Gasteiger partial charge is 0.328 e. The van der Waals surface area contributed by atoms with Crippen LogP contribution >= 0.6 is 0 Å². The number of hydrogen-bond donors (Lipinski definition) is 3. The average Bonchev–Trinajstić information content (AvgIpc) is 2.16. The molecule has 0 aliphatic carbocycles. The summed E-state index contributed by atoms with van der Waals surface area (Å²) in [6, 6.07) is 0. The summed E-state index contributed by atoms with van der Waals surface area (Å²) >= 11 is 0. The Labute approximate surface area is 93.8 Å². The minimum atomic E-state index is -1.26. The van der Waals surface area contributed by atoms with Crippen molar-refractivity contribution in [2.24, 2.45) is 5.73 Å². The van der Waals surface area contributed by atoms with E-state index in [4.69, 9.17) is 15.9 Å². The molecule has 0 aromatic carbocycles. The van der Waals surface area contributed by atoms with Gasteiger partial charge in [0.05, 0.1) is 0 Å². The number of nitrogens with two attached hydrogens (primary N) is 1. The molecule has 0 aromatic rings. The van der Waals surface area contributed by atoms with Crippen molar-refractivity contribution in [1.82, 2.24) is 0 Å². The molecule has 0 bridgehead atoms. The summed E-state index contributed by atoms with van der Waals surface area (Å²) in [5, 5.41) is 15.6. The number of primary amides is 1. The second-order valence-electron chi connectivity index (χ2n) is 2.93. The molecule has 0 saturated heterocycles. The summed E-state index contributed by atoms with van der Waals surface area (Å²) in [6.45, 7) is 2.10. The molecule has 0 aliphatic heterocycles. The molecule has 16 heavy (non-hydrogen) atoms. The second-order valence-corrected chi connectivity index (χ2v) is 2.93. The Bertz CT molecular complexity index is 244. The van der Waals surface area contributed by atoms with Crippen LogP contribution < -0.4 is 5.73 Å². The van der Waals surface area contributed by atoms with Gasteiger partial charge in [0.15, 0.2) is 0 Å². The molecule has 1 amide bonds. The van der Waals surface area contributed by atoms with Gasteiger partial charge in [-0.2, -0.15) is 0 Å². The lowest BCUT2D eigenvalue weighted by Crippen LogP contribution is -2.09.